The zero-order valence-corrected chi connectivity index (χ0v) is 16.2. The van der Waals surface area contributed by atoms with Crippen LogP contribution < -0.4 is 5.32 Å². The van der Waals surface area contributed by atoms with Gasteiger partial charge in [0.2, 0.25) is 0 Å². The fraction of sp³-hybridized carbons (Fsp3) is 0.500. The first-order valence-corrected chi connectivity index (χ1v) is 7.78. The zero-order chi connectivity index (χ0) is 15.2. The molecule has 1 aromatic rings. The number of nitrogens with one attached hydrogen (secondary N) is 1. The standard InChI is InChI=1S/C18H27N3.HI/c1-5-6-9-12-21(4)18(19-3)20-17-13-16(17)15-11-8-7-10-14(15)2;/h5,7-8,10-11,16-17H,1,6,9,12-13H2,2-4H3,(H,19,20);1H. The van der Waals surface area contributed by atoms with E-state index in [1.54, 1.807) is 0 Å². The SMILES string of the molecule is C=CCCCN(C)C(=NC)NC1CC1c1ccccc1C.I. The van der Waals surface area contributed by atoms with Crippen molar-refractivity contribution < 1.29 is 0 Å². The number of benzene rings is 1. The maximum Gasteiger partial charge on any atom is 0.193 e. The van der Waals surface area contributed by atoms with Crippen LogP contribution in [0.1, 0.15) is 36.3 Å². The van der Waals surface area contributed by atoms with Gasteiger partial charge >= 0.3 is 0 Å². The molecule has 0 aromatic heterocycles. The summed E-state index contributed by atoms with van der Waals surface area (Å²) in [5.74, 6) is 1.63. The van der Waals surface area contributed by atoms with E-state index in [0.717, 1.165) is 25.3 Å². The normalized spacial score (nSPS) is 20.0. The van der Waals surface area contributed by atoms with Crippen LogP contribution in [0.5, 0.6) is 0 Å². The lowest BCUT2D eigenvalue weighted by molar-refractivity contribution is 0.469. The summed E-state index contributed by atoms with van der Waals surface area (Å²) in [4.78, 5) is 6.61. The minimum absolute atomic E-state index is 0. The number of aliphatic imine (C=N–C) groups is 1. The Morgan fingerprint density at radius 3 is 2.82 bits per heavy atom. The molecule has 0 saturated heterocycles. The van der Waals surface area contributed by atoms with E-state index in [0.29, 0.717) is 12.0 Å². The minimum Gasteiger partial charge on any atom is -0.353 e. The summed E-state index contributed by atoms with van der Waals surface area (Å²) in [6.45, 7) is 6.97. The molecule has 0 radical (unpaired) electrons. The van der Waals surface area contributed by atoms with Crippen LogP contribution in [0.4, 0.5) is 0 Å². The van der Waals surface area contributed by atoms with Crippen LogP contribution >= 0.6 is 24.0 Å². The summed E-state index contributed by atoms with van der Waals surface area (Å²) in [7, 11) is 3.96. The lowest BCUT2D eigenvalue weighted by atomic mass is 10.0. The van der Waals surface area contributed by atoms with Crippen molar-refractivity contribution in [2.75, 3.05) is 20.6 Å². The van der Waals surface area contributed by atoms with Crippen LogP contribution in [-0.2, 0) is 0 Å². The van der Waals surface area contributed by atoms with Crippen LogP contribution in [0.15, 0.2) is 41.9 Å². The summed E-state index contributed by atoms with van der Waals surface area (Å²) in [6.07, 6.45) is 5.34. The van der Waals surface area contributed by atoms with Crippen LogP contribution in [0.2, 0.25) is 0 Å². The number of halogens is 1. The van der Waals surface area contributed by atoms with Crippen LogP contribution in [0, 0.1) is 6.92 Å². The van der Waals surface area contributed by atoms with Gasteiger partial charge in [0.05, 0.1) is 0 Å². The maximum atomic E-state index is 4.40. The van der Waals surface area contributed by atoms with Gasteiger partial charge in [-0.05, 0) is 37.3 Å². The lowest BCUT2D eigenvalue weighted by Crippen LogP contribution is -2.40. The highest BCUT2D eigenvalue weighted by Gasteiger charge is 2.39. The largest absolute Gasteiger partial charge is 0.353 e. The van der Waals surface area contributed by atoms with E-state index in [2.05, 4.69) is 60.0 Å². The summed E-state index contributed by atoms with van der Waals surface area (Å²) in [5, 5.41) is 3.59. The third-order valence-corrected chi connectivity index (χ3v) is 4.17. The first-order valence-electron chi connectivity index (χ1n) is 7.78. The molecule has 1 N–H and O–H groups in total. The first-order chi connectivity index (χ1) is 10.2. The van der Waals surface area contributed by atoms with Gasteiger partial charge in [-0.1, -0.05) is 30.3 Å². The number of hydrogen-bond acceptors (Lipinski definition) is 1. The summed E-state index contributed by atoms with van der Waals surface area (Å²) in [5.41, 5.74) is 2.86. The van der Waals surface area contributed by atoms with Crippen molar-refractivity contribution in [3.05, 3.63) is 48.0 Å². The van der Waals surface area contributed by atoms with E-state index < -0.39 is 0 Å². The monoisotopic (exact) mass is 413 g/mol. The highest BCUT2D eigenvalue weighted by molar-refractivity contribution is 14.0. The Kier molecular flexibility index (Phi) is 7.93. The molecule has 1 saturated carbocycles. The van der Waals surface area contributed by atoms with Crippen molar-refractivity contribution in [1.82, 2.24) is 10.2 Å². The Morgan fingerprint density at radius 2 is 2.18 bits per heavy atom. The maximum absolute atomic E-state index is 4.40. The molecule has 122 valence electrons. The average Bonchev–Trinajstić information content (AvgIpc) is 3.24. The number of rotatable bonds is 6. The molecule has 22 heavy (non-hydrogen) atoms. The van der Waals surface area contributed by atoms with Crippen molar-refractivity contribution in [3.63, 3.8) is 0 Å². The third kappa shape index (κ3) is 5.00. The molecular formula is C18H28IN3. The second kappa shape index (κ2) is 9.18. The molecule has 0 spiro atoms. The van der Waals surface area contributed by atoms with Gasteiger partial charge in [-0.15, -0.1) is 30.6 Å². The smallest absolute Gasteiger partial charge is 0.193 e. The van der Waals surface area contributed by atoms with Crippen molar-refractivity contribution in [1.29, 1.82) is 0 Å². The Labute approximate surface area is 151 Å². The van der Waals surface area contributed by atoms with Crippen molar-refractivity contribution in [3.8, 4) is 0 Å². The summed E-state index contributed by atoms with van der Waals surface area (Å²) >= 11 is 0. The Bertz CT molecular complexity index is 513. The van der Waals surface area contributed by atoms with Gasteiger partial charge in [0, 0.05) is 32.6 Å². The molecule has 1 fully saturated rings. The fourth-order valence-electron chi connectivity index (χ4n) is 2.79. The molecule has 0 bridgehead atoms. The Balaban J connectivity index is 0.00000242. The molecule has 1 aromatic carbocycles. The van der Waals surface area contributed by atoms with E-state index in [4.69, 9.17) is 0 Å². The number of nitrogens with zero attached hydrogens (tertiary/aromatic N) is 2. The van der Waals surface area contributed by atoms with Gasteiger partial charge in [0.1, 0.15) is 0 Å². The van der Waals surface area contributed by atoms with E-state index in [1.807, 2.05) is 13.1 Å². The highest BCUT2D eigenvalue weighted by atomic mass is 127. The molecule has 3 nitrogen and oxygen atoms in total. The number of guanidine groups is 1. The quantitative estimate of drug-likeness (QED) is 0.252. The van der Waals surface area contributed by atoms with E-state index in [-0.39, 0.29) is 24.0 Å². The topological polar surface area (TPSA) is 27.6 Å². The zero-order valence-electron chi connectivity index (χ0n) is 13.9. The molecule has 0 aliphatic heterocycles. The number of aryl methyl sites for hydroxylation is 1. The Morgan fingerprint density at radius 1 is 1.45 bits per heavy atom. The predicted octanol–water partition coefficient (Wildman–Crippen LogP) is 3.94. The second-order valence-electron chi connectivity index (χ2n) is 5.85. The molecule has 1 aliphatic rings. The van der Waals surface area contributed by atoms with E-state index in [9.17, 15) is 0 Å². The van der Waals surface area contributed by atoms with E-state index >= 15 is 0 Å². The molecular weight excluding hydrogens is 385 g/mol. The summed E-state index contributed by atoms with van der Waals surface area (Å²) < 4.78 is 0. The number of allylic oxidation sites excluding steroid dienone is 1. The third-order valence-electron chi connectivity index (χ3n) is 4.17. The molecule has 2 unspecified atom stereocenters. The van der Waals surface area contributed by atoms with Crippen LogP contribution in [-0.4, -0.2) is 37.5 Å². The fourth-order valence-corrected chi connectivity index (χ4v) is 2.79. The lowest BCUT2D eigenvalue weighted by Gasteiger charge is -2.22. The second-order valence-corrected chi connectivity index (χ2v) is 5.85. The van der Waals surface area contributed by atoms with Gasteiger partial charge in [0.25, 0.3) is 0 Å². The number of unbranched alkanes of at least 4 members (excludes halogenated alkanes) is 1. The first kappa shape index (κ1) is 19.0. The Hall–Kier alpha value is -1.04. The minimum atomic E-state index is 0. The van der Waals surface area contributed by atoms with Gasteiger partial charge < -0.3 is 10.2 Å². The van der Waals surface area contributed by atoms with Crippen molar-refractivity contribution in [2.24, 2.45) is 4.99 Å². The molecule has 1 aliphatic carbocycles. The van der Waals surface area contributed by atoms with Gasteiger partial charge in [-0.2, -0.15) is 0 Å². The van der Waals surface area contributed by atoms with Crippen LogP contribution in [0.3, 0.4) is 0 Å². The molecule has 0 heterocycles. The molecule has 2 rings (SSSR count). The van der Waals surface area contributed by atoms with Crippen LogP contribution in [0.25, 0.3) is 0 Å². The highest BCUT2D eigenvalue weighted by Crippen LogP contribution is 2.42. The van der Waals surface area contributed by atoms with Gasteiger partial charge in [-0.25, -0.2) is 0 Å². The number of hydrogen-bond donors (Lipinski definition) is 1. The van der Waals surface area contributed by atoms with Gasteiger partial charge in [0.15, 0.2) is 5.96 Å². The molecule has 0 amide bonds. The molecule has 4 heteroatoms. The predicted molar refractivity (Wildman–Crippen MR) is 106 cm³/mol. The summed E-state index contributed by atoms with van der Waals surface area (Å²) in [6, 6.07) is 9.20. The van der Waals surface area contributed by atoms with Gasteiger partial charge in [-0.3, -0.25) is 4.99 Å². The van der Waals surface area contributed by atoms with Crippen molar-refractivity contribution >= 4 is 29.9 Å². The van der Waals surface area contributed by atoms with Crippen molar-refractivity contribution in [2.45, 2.75) is 38.1 Å². The average molecular weight is 413 g/mol. The molecule has 2 atom stereocenters. The van der Waals surface area contributed by atoms with E-state index in [1.165, 1.54) is 17.5 Å².